The van der Waals surface area contributed by atoms with Crippen molar-refractivity contribution in [1.29, 1.82) is 0 Å². The SMILES string of the molecule is CC(=O)Cc1cccc(C(C)(F)F)c1. The quantitative estimate of drug-likeness (QED) is 0.729. The van der Waals surface area contributed by atoms with Crippen LogP contribution in [0.1, 0.15) is 25.0 Å². The van der Waals surface area contributed by atoms with Crippen LogP contribution in [0.4, 0.5) is 8.78 Å². The molecule has 0 unspecified atom stereocenters. The molecule has 0 aliphatic rings. The largest absolute Gasteiger partial charge is 0.300 e. The van der Waals surface area contributed by atoms with Gasteiger partial charge in [-0.1, -0.05) is 18.2 Å². The molecule has 14 heavy (non-hydrogen) atoms. The molecule has 1 rings (SSSR count). The molecule has 0 radical (unpaired) electrons. The second-order valence-corrected chi connectivity index (χ2v) is 3.47. The summed E-state index contributed by atoms with van der Waals surface area (Å²) >= 11 is 0. The molecule has 3 heteroatoms. The minimum atomic E-state index is -2.84. The average molecular weight is 198 g/mol. The normalized spacial score (nSPS) is 11.4. The van der Waals surface area contributed by atoms with E-state index in [1.54, 1.807) is 12.1 Å². The number of hydrogen-bond donors (Lipinski definition) is 0. The maximum atomic E-state index is 12.9. The van der Waals surface area contributed by atoms with Crippen LogP contribution in [-0.2, 0) is 17.1 Å². The highest BCUT2D eigenvalue weighted by Crippen LogP contribution is 2.27. The molecule has 0 bridgehead atoms. The van der Waals surface area contributed by atoms with E-state index in [-0.39, 0.29) is 17.8 Å². The molecule has 0 saturated heterocycles. The molecule has 76 valence electrons. The molecule has 0 aliphatic carbocycles. The lowest BCUT2D eigenvalue weighted by molar-refractivity contribution is -0.116. The van der Waals surface area contributed by atoms with Gasteiger partial charge in [-0.2, -0.15) is 0 Å². The Balaban J connectivity index is 2.95. The third kappa shape index (κ3) is 2.91. The first kappa shape index (κ1) is 10.8. The number of carbonyl (C=O) groups excluding carboxylic acids is 1. The van der Waals surface area contributed by atoms with E-state index in [0.717, 1.165) is 6.92 Å². The summed E-state index contributed by atoms with van der Waals surface area (Å²) in [7, 11) is 0. The summed E-state index contributed by atoms with van der Waals surface area (Å²) in [5.74, 6) is -2.87. The van der Waals surface area contributed by atoms with Crippen LogP contribution in [0.5, 0.6) is 0 Å². The van der Waals surface area contributed by atoms with E-state index in [1.807, 2.05) is 0 Å². The van der Waals surface area contributed by atoms with Crippen LogP contribution in [0.25, 0.3) is 0 Å². The molecule has 1 aromatic carbocycles. The van der Waals surface area contributed by atoms with Gasteiger partial charge in [0.15, 0.2) is 0 Å². The lowest BCUT2D eigenvalue weighted by atomic mass is 10.0. The minimum absolute atomic E-state index is 0.0263. The maximum Gasteiger partial charge on any atom is 0.270 e. The number of ketones is 1. The van der Waals surface area contributed by atoms with Gasteiger partial charge in [0.05, 0.1) is 0 Å². The van der Waals surface area contributed by atoms with E-state index in [1.165, 1.54) is 19.1 Å². The lowest BCUT2D eigenvalue weighted by Crippen LogP contribution is -2.08. The zero-order chi connectivity index (χ0) is 10.8. The number of halogens is 2. The zero-order valence-electron chi connectivity index (χ0n) is 8.18. The number of carbonyl (C=O) groups is 1. The molecule has 1 nitrogen and oxygen atoms in total. The van der Waals surface area contributed by atoms with Crippen LogP contribution in [-0.4, -0.2) is 5.78 Å². The van der Waals surface area contributed by atoms with Crippen molar-refractivity contribution in [2.24, 2.45) is 0 Å². The molecular weight excluding hydrogens is 186 g/mol. The molecule has 0 saturated carbocycles. The monoisotopic (exact) mass is 198 g/mol. The van der Waals surface area contributed by atoms with Crippen molar-refractivity contribution in [2.45, 2.75) is 26.2 Å². The van der Waals surface area contributed by atoms with E-state index in [9.17, 15) is 13.6 Å². The summed E-state index contributed by atoms with van der Waals surface area (Å²) in [5.41, 5.74) is 0.591. The molecular formula is C11H12F2O. The first-order valence-corrected chi connectivity index (χ1v) is 4.36. The second kappa shape index (κ2) is 3.86. The van der Waals surface area contributed by atoms with Crippen LogP contribution in [0.15, 0.2) is 24.3 Å². The van der Waals surface area contributed by atoms with Gasteiger partial charge in [-0.05, 0) is 18.6 Å². The van der Waals surface area contributed by atoms with Crippen molar-refractivity contribution in [2.75, 3.05) is 0 Å². The van der Waals surface area contributed by atoms with Crippen molar-refractivity contribution in [1.82, 2.24) is 0 Å². The van der Waals surface area contributed by atoms with E-state index >= 15 is 0 Å². The van der Waals surface area contributed by atoms with Crippen LogP contribution in [0.3, 0.4) is 0 Å². The number of hydrogen-bond acceptors (Lipinski definition) is 1. The van der Waals surface area contributed by atoms with Gasteiger partial charge in [0.1, 0.15) is 5.78 Å². The van der Waals surface area contributed by atoms with Gasteiger partial charge in [-0.25, -0.2) is 8.78 Å². The summed E-state index contributed by atoms with van der Waals surface area (Å²) in [6.45, 7) is 2.29. The van der Waals surface area contributed by atoms with Crippen molar-refractivity contribution in [3.05, 3.63) is 35.4 Å². The van der Waals surface area contributed by atoms with Gasteiger partial charge in [-0.15, -0.1) is 0 Å². The second-order valence-electron chi connectivity index (χ2n) is 3.47. The predicted octanol–water partition coefficient (Wildman–Crippen LogP) is 2.93. The Morgan fingerprint density at radius 2 is 2.07 bits per heavy atom. The van der Waals surface area contributed by atoms with Gasteiger partial charge in [0, 0.05) is 18.9 Å². The summed E-state index contributed by atoms with van der Waals surface area (Å²) in [6, 6.07) is 5.96. The molecule has 1 aromatic rings. The van der Waals surface area contributed by atoms with Crippen molar-refractivity contribution in [3.8, 4) is 0 Å². The van der Waals surface area contributed by atoms with E-state index in [0.29, 0.717) is 5.56 Å². The average Bonchev–Trinajstić information content (AvgIpc) is 2.01. The molecule has 0 aromatic heterocycles. The van der Waals surface area contributed by atoms with E-state index < -0.39 is 5.92 Å². The topological polar surface area (TPSA) is 17.1 Å². The molecule has 0 heterocycles. The first-order chi connectivity index (χ1) is 6.39. The van der Waals surface area contributed by atoms with Crippen LogP contribution < -0.4 is 0 Å². The van der Waals surface area contributed by atoms with Gasteiger partial charge in [-0.3, -0.25) is 4.79 Å². The number of benzene rings is 1. The minimum Gasteiger partial charge on any atom is -0.300 e. The van der Waals surface area contributed by atoms with Crippen LogP contribution in [0.2, 0.25) is 0 Å². The first-order valence-electron chi connectivity index (χ1n) is 4.36. The van der Waals surface area contributed by atoms with E-state index in [2.05, 4.69) is 0 Å². The fourth-order valence-corrected chi connectivity index (χ4v) is 1.24. The Kier molecular flexibility index (Phi) is 2.99. The Morgan fingerprint density at radius 1 is 1.43 bits per heavy atom. The molecule has 0 atom stereocenters. The van der Waals surface area contributed by atoms with Gasteiger partial charge >= 0.3 is 0 Å². The lowest BCUT2D eigenvalue weighted by Gasteiger charge is -2.11. The number of Topliss-reactive ketones (excluding diaryl/α,β-unsaturated/α-hetero) is 1. The summed E-state index contributed by atoms with van der Waals surface area (Å²) in [5, 5.41) is 0. The van der Waals surface area contributed by atoms with Gasteiger partial charge in [0.2, 0.25) is 0 Å². The van der Waals surface area contributed by atoms with Crippen molar-refractivity contribution < 1.29 is 13.6 Å². The Bertz CT molecular complexity index is 339. The third-order valence-electron chi connectivity index (χ3n) is 1.89. The predicted molar refractivity (Wildman–Crippen MR) is 50.4 cm³/mol. The van der Waals surface area contributed by atoms with E-state index in [4.69, 9.17) is 0 Å². The Morgan fingerprint density at radius 3 is 2.57 bits per heavy atom. The highest BCUT2D eigenvalue weighted by atomic mass is 19.3. The molecule has 0 amide bonds. The zero-order valence-corrected chi connectivity index (χ0v) is 8.18. The summed E-state index contributed by atoms with van der Waals surface area (Å²) in [4.78, 5) is 10.8. The fourth-order valence-electron chi connectivity index (χ4n) is 1.24. The fraction of sp³-hybridized carbons (Fsp3) is 0.364. The Labute approximate surface area is 81.7 Å². The van der Waals surface area contributed by atoms with Gasteiger partial charge in [0.25, 0.3) is 5.92 Å². The molecule has 0 N–H and O–H groups in total. The maximum absolute atomic E-state index is 12.9. The van der Waals surface area contributed by atoms with Crippen molar-refractivity contribution in [3.63, 3.8) is 0 Å². The molecule has 0 fully saturated rings. The Hall–Kier alpha value is -1.25. The molecule has 0 aliphatic heterocycles. The van der Waals surface area contributed by atoms with Crippen LogP contribution >= 0.6 is 0 Å². The highest BCUT2D eigenvalue weighted by molar-refractivity contribution is 5.78. The number of rotatable bonds is 3. The smallest absolute Gasteiger partial charge is 0.270 e. The summed E-state index contributed by atoms with van der Waals surface area (Å²) in [6.07, 6.45) is 0.212. The molecule has 0 spiro atoms. The summed E-state index contributed by atoms with van der Waals surface area (Å²) < 4.78 is 25.8. The van der Waals surface area contributed by atoms with Crippen LogP contribution in [0, 0.1) is 0 Å². The van der Waals surface area contributed by atoms with Gasteiger partial charge < -0.3 is 0 Å². The number of alkyl halides is 2. The van der Waals surface area contributed by atoms with Crippen molar-refractivity contribution >= 4 is 5.78 Å². The highest BCUT2D eigenvalue weighted by Gasteiger charge is 2.24. The third-order valence-corrected chi connectivity index (χ3v) is 1.89. The standard InChI is InChI=1S/C11H12F2O/c1-8(14)6-9-4-3-5-10(7-9)11(2,12)13/h3-5,7H,6H2,1-2H3.